The number of rotatable bonds is 2. The molecule has 1 aromatic carbocycles. The second-order valence-corrected chi connectivity index (χ2v) is 3.21. The predicted molar refractivity (Wildman–Crippen MR) is 59.2 cm³/mol. The second kappa shape index (κ2) is 4.06. The summed E-state index contributed by atoms with van der Waals surface area (Å²) in [4.78, 5) is 12.5. The minimum Gasteiger partial charge on any atom is -0.464 e. The van der Waals surface area contributed by atoms with E-state index in [1.54, 1.807) is 6.20 Å². The van der Waals surface area contributed by atoms with Crippen LogP contribution in [0.25, 0.3) is 11.1 Å². The summed E-state index contributed by atoms with van der Waals surface area (Å²) in [6, 6.07) is 9.41. The molecule has 1 aromatic heterocycles. The van der Waals surface area contributed by atoms with Gasteiger partial charge in [0, 0.05) is 5.56 Å². The fourth-order valence-electron chi connectivity index (χ4n) is 1.49. The van der Waals surface area contributed by atoms with E-state index in [4.69, 9.17) is 5.84 Å². The predicted octanol–water partition coefficient (Wildman–Crippen LogP) is 1.05. The number of benzene rings is 1. The highest BCUT2D eigenvalue weighted by atomic mass is 16.5. The van der Waals surface area contributed by atoms with Gasteiger partial charge in [-0.15, -0.1) is 0 Å². The molecule has 0 aliphatic rings. The average molecular weight is 217 g/mol. The summed E-state index contributed by atoms with van der Waals surface area (Å²) in [6.45, 7) is 0. The van der Waals surface area contributed by atoms with Crippen molar-refractivity contribution >= 4 is 5.97 Å². The molecule has 0 aliphatic carbocycles. The first-order valence-electron chi connectivity index (χ1n) is 4.71. The lowest BCUT2D eigenvalue weighted by Gasteiger charge is -2.03. The van der Waals surface area contributed by atoms with Crippen molar-refractivity contribution in [1.82, 2.24) is 9.89 Å². The molecule has 0 saturated carbocycles. The number of carbonyl (C=O) groups excluding carboxylic acids is 1. The van der Waals surface area contributed by atoms with Gasteiger partial charge in [-0.3, -0.25) is 0 Å². The van der Waals surface area contributed by atoms with Crippen LogP contribution in [0.1, 0.15) is 10.5 Å². The van der Waals surface area contributed by atoms with E-state index < -0.39 is 5.97 Å². The van der Waals surface area contributed by atoms with Crippen LogP contribution < -0.4 is 5.84 Å². The van der Waals surface area contributed by atoms with Gasteiger partial charge in [-0.05, 0) is 5.56 Å². The fraction of sp³-hybridized carbons (Fsp3) is 0.0909. The zero-order valence-corrected chi connectivity index (χ0v) is 8.75. The van der Waals surface area contributed by atoms with Crippen molar-refractivity contribution in [2.24, 2.45) is 0 Å². The van der Waals surface area contributed by atoms with Crippen LogP contribution in [0.15, 0.2) is 36.5 Å². The van der Waals surface area contributed by atoms with Crippen LogP contribution in [0.3, 0.4) is 0 Å². The third-order valence-electron chi connectivity index (χ3n) is 2.26. The maximum Gasteiger partial charge on any atom is 0.359 e. The second-order valence-electron chi connectivity index (χ2n) is 3.21. The zero-order chi connectivity index (χ0) is 11.5. The monoisotopic (exact) mass is 217 g/mol. The topological polar surface area (TPSA) is 70.1 Å². The molecular formula is C11H11N3O2. The van der Waals surface area contributed by atoms with Gasteiger partial charge in [-0.2, -0.15) is 9.89 Å². The molecule has 0 aliphatic heterocycles. The molecule has 2 rings (SSSR count). The lowest BCUT2D eigenvalue weighted by atomic mass is 10.1. The van der Waals surface area contributed by atoms with Gasteiger partial charge >= 0.3 is 5.97 Å². The summed E-state index contributed by atoms with van der Waals surface area (Å²) in [6.07, 6.45) is 1.54. The van der Waals surface area contributed by atoms with Crippen molar-refractivity contribution in [2.45, 2.75) is 0 Å². The molecule has 1 heterocycles. The average Bonchev–Trinajstić information content (AvgIpc) is 2.71. The first-order chi connectivity index (χ1) is 7.74. The number of hydrogen-bond donors (Lipinski definition) is 1. The van der Waals surface area contributed by atoms with Crippen molar-refractivity contribution in [3.05, 3.63) is 42.2 Å². The summed E-state index contributed by atoms with van der Waals surface area (Å²) >= 11 is 0. The first-order valence-corrected chi connectivity index (χ1v) is 4.71. The van der Waals surface area contributed by atoms with Crippen LogP contribution in [0.5, 0.6) is 0 Å². The highest BCUT2D eigenvalue weighted by Crippen LogP contribution is 2.22. The molecule has 5 nitrogen and oxygen atoms in total. The van der Waals surface area contributed by atoms with Gasteiger partial charge in [0.05, 0.1) is 13.3 Å². The van der Waals surface area contributed by atoms with E-state index in [2.05, 4.69) is 9.84 Å². The van der Waals surface area contributed by atoms with Gasteiger partial charge in [-0.1, -0.05) is 30.3 Å². The lowest BCUT2D eigenvalue weighted by molar-refractivity contribution is 0.0590. The minimum absolute atomic E-state index is 0.244. The fourth-order valence-corrected chi connectivity index (χ4v) is 1.49. The molecule has 0 unspecified atom stereocenters. The Morgan fingerprint density at radius 1 is 1.38 bits per heavy atom. The number of ether oxygens (including phenoxy) is 1. The quantitative estimate of drug-likeness (QED) is 0.603. The highest BCUT2D eigenvalue weighted by Gasteiger charge is 2.18. The number of aromatic nitrogens is 2. The van der Waals surface area contributed by atoms with Gasteiger partial charge in [0.2, 0.25) is 0 Å². The Bertz CT molecular complexity index is 505. The van der Waals surface area contributed by atoms with Crippen molar-refractivity contribution in [3.8, 4) is 11.1 Å². The molecule has 0 spiro atoms. The van der Waals surface area contributed by atoms with E-state index in [0.717, 1.165) is 10.4 Å². The molecule has 0 saturated heterocycles. The Balaban J connectivity index is 2.55. The van der Waals surface area contributed by atoms with Gasteiger partial charge < -0.3 is 10.6 Å². The van der Waals surface area contributed by atoms with Crippen molar-refractivity contribution < 1.29 is 9.53 Å². The highest BCUT2D eigenvalue weighted by molar-refractivity contribution is 5.95. The number of nitrogen functional groups attached to an aromatic ring is 1. The third kappa shape index (κ3) is 1.63. The molecule has 0 radical (unpaired) electrons. The van der Waals surface area contributed by atoms with Crippen molar-refractivity contribution in [2.75, 3.05) is 13.0 Å². The van der Waals surface area contributed by atoms with Crippen molar-refractivity contribution in [3.63, 3.8) is 0 Å². The van der Waals surface area contributed by atoms with Crippen LogP contribution in [-0.4, -0.2) is 23.0 Å². The number of carbonyl (C=O) groups is 1. The van der Waals surface area contributed by atoms with Gasteiger partial charge in [0.15, 0.2) is 5.69 Å². The molecule has 82 valence electrons. The Hall–Kier alpha value is -2.30. The Morgan fingerprint density at radius 2 is 2.06 bits per heavy atom. The van der Waals surface area contributed by atoms with Crippen LogP contribution in [0.4, 0.5) is 0 Å². The van der Waals surface area contributed by atoms with Crippen molar-refractivity contribution in [1.29, 1.82) is 0 Å². The molecule has 2 N–H and O–H groups in total. The van der Waals surface area contributed by atoms with Crippen LogP contribution >= 0.6 is 0 Å². The largest absolute Gasteiger partial charge is 0.464 e. The summed E-state index contributed by atoms with van der Waals surface area (Å²) < 4.78 is 4.66. The molecule has 5 heteroatoms. The summed E-state index contributed by atoms with van der Waals surface area (Å²) in [5, 5.41) is 3.86. The normalized spacial score (nSPS) is 10.1. The summed E-state index contributed by atoms with van der Waals surface area (Å²) in [5.41, 5.74) is 1.78. The van der Waals surface area contributed by atoms with E-state index in [9.17, 15) is 4.79 Å². The molecule has 0 atom stereocenters. The molecule has 2 aromatic rings. The van der Waals surface area contributed by atoms with Crippen LogP contribution in [-0.2, 0) is 4.74 Å². The minimum atomic E-state index is -0.501. The maximum atomic E-state index is 11.5. The Kier molecular flexibility index (Phi) is 2.59. The van der Waals surface area contributed by atoms with E-state index in [-0.39, 0.29) is 5.69 Å². The van der Waals surface area contributed by atoms with E-state index in [1.807, 2.05) is 30.3 Å². The lowest BCUT2D eigenvalue weighted by Crippen LogP contribution is -2.19. The summed E-state index contributed by atoms with van der Waals surface area (Å²) in [5.74, 6) is 5.06. The summed E-state index contributed by atoms with van der Waals surface area (Å²) in [7, 11) is 1.31. The molecule has 0 amide bonds. The van der Waals surface area contributed by atoms with Crippen LogP contribution in [0.2, 0.25) is 0 Å². The Labute approximate surface area is 92.4 Å². The number of nitrogens with zero attached hydrogens (tertiary/aromatic N) is 2. The van der Waals surface area contributed by atoms with Gasteiger partial charge in [0.25, 0.3) is 0 Å². The van der Waals surface area contributed by atoms with Crippen LogP contribution in [0, 0.1) is 0 Å². The number of esters is 1. The number of nitrogens with two attached hydrogens (primary N) is 1. The molecule has 16 heavy (non-hydrogen) atoms. The van der Waals surface area contributed by atoms with E-state index >= 15 is 0 Å². The number of hydrogen-bond acceptors (Lipinski definition) is 4. The Morgan fingerprint density at radius 3 is 2.69 bits per heavy atom. The first kappa shape index (κ1) is 10.2. The third-order valence-corrected chi connectivity index (χ3v) is 2.26. The standard InChI is InChI=1S/C11H11N3O2/c1-16-11(15)10-9(7-13-14(10)12)8-5-3-2-4-6-8/h2-7H,12H2,1H3. The zero-order valence-electron chi connectivity index (χ0n) is 8.75. The van der Waals surface area contributed by atoms with Gasteiger partial charge in [-0.25, -0.2) is 4.79 Å². The maximum absolute atomic E-state index is 11.5. The molecule has 0 fully saturated rings. The smallest absolute Gasteiger partial charge is 0.359 e. The molecular weight excluding hydrogens is 206 g/mol. The SMILES string of the molecule is COC(=O)c1c(-c2ccccc2)cnn1N. The van der Waals surface area contributed by atoms with E-state index in [1.165, 1.54) is 7.11 Å². The van der Waals surface area contributed by atoms with Gasteiger partial charge in [0.1, 0.15) is 0 Å². The number of methoxy groups -OCH3 is 1. The molecule has 0 bridgehead atoms. The van der Waals surface area contributed by atoms with E-state index in [0.29, 0.717) is 5.56 Å².